The zero-order valence-electron chi connectivity index (χ0n) is 15.0. The van der Waals surface area contributed by atoms with Crippen LogP contribution in [0.1, 0.15) is 15.9 Å². The molecule has 0 unspecified atom stereocenters. The summed E-state index contributed by atoms with van der Waals surface area (Å²) >= 11 is 0. The first kappa shape index (κ1) is 21.7. The highest BCUT2D eigenvalue weighted by molar-refractivity contribution is 6.03. The predicted molar refractivity (Wildman–Crippen MR) is 97.2 cm³/mol. The van der Waals surface area contributed by atoms with Crippen molar-refractivity contribution in [1.29, 1.82) is 0 Å². The Morgan fingerprint density at radius 3 is 2.38 bits per heavy atom. The van der Waals surface area contributed by atoms with Crippen molar-refractivity contribution in [1.82, 2.24) is 5.32 Å². The number of hydrogen-bond acceptors (Lipinski definition) is 4. The molecule has 2 N–H and O–H groups in total. The molecule has 2 aromatic carbocycles. The van der Waals surface area contributed by atoms with Crippen molar-refractivity contribution < 1.29 is 36.6 Å². The third-order valence-electron chi connectivity index (χ3n) is 3.46. The number of rotatable bonds is 8. The van der Waals surface area contributed by atoms with Gasteiger partial charge in [0.05, 0.1) is 0 Å². The number of halogens is 4. The fourth-order valence-electron chi connectivity index (χ4n) is 2.26. The molecule has 2 aromatic rings. The Hall–Kier alpha value is -3.56. The van der Waals surface area contributed by atoms with Crippen molar-refractivity contribution in [3.05, 3.63) is 59.7 Å². The number of anilines is 1. The minimum absolute atomic E-state index is 0.0428. The third-order valence-corrected chi connectivity index (χ3v) is 3.46. The smallest absolute Gasteiger partial charge is 0.387 e. The molecule has 0 atom stereocenters. The number of amides is 2. The second-order valence-corrected chi connectivity index (χ2v) is 5.44. The van der Waals surface area contributed by atoms with E-state index < -0.39 is 24.9 Å². The third kappa shape index (κ3) is 6.83. The molecule has 0 aliphatic carbocycles. The minimum atomic E-state index is -3.20. The van der Waals surface area contributed by atoms with Crippen molar-refractivity contribution in [2.75, 3.05) is 12.4 Å². The van der Waals surface area contributed by atoms with Gasteiger partial charge in [-0.15, -0.1) is 0 Å². The van der Waals surface area contributed by atoms with E-state index in [4.69, 9.17) is 0 Å². The summed E-state index contributed by atoms with van der Waals surface area (Å²) in [6.07, 6.45) is 2.20. The first-order valence-electron chi connectivity index (χ1n) is 8.13. The number of benzene rings is 2. The number of alkyl halides is 4. The van der Waals surface area contributed by atoms with E-state index in [1.165, 1.54) is 25.3 Å². The molecule has 0 aromatic heterocycles. The molecular formula is C19H16F4N2O4. The molecule has 0 aliphatic rings. The van der Waals surface area contributed by atoms with Crippen LogP contribution in [0.15, 0.2) is 48.5 Å². The van der Waals surface area contributed by atoms with Crippen LogP contribution in [-0.2, 0) is 4.79 Å². The lowest BCUT2D eigenvalue weighted by atomic mass is 10.1. The Labute approximate surface area is 163 Å². The Morgan fingerprint density at radius 1 is 1.00 bits per heavy atom. The predicted octanol–water partition coefficient (Wildman–Crippen LogP) is 3.90. The number of carbonyl (C=O) groups excluding carboxylic acids is 2. The number of carbonyl (C=O) groups is 2. The second-order valence-electron chi connectivity index (χ2n) is 5.44. The fourth-order valence-corrected chi connectivity index (χ4v) is 2.26. The van der Waals surface area contributed by atoms with Crippen molar-refractivity contribution in [3.63, 3.8) is 0 Å². The zero-order valence-corrected chi connectivity index (χ0v) is 15.0. The highest BCUT2D eigenvalue weighted by atomic mass is 19.3. The Kier molecular flexibility index (Phi) is 7.58. The van der Waals surface area contributed by atoms with Crippen LogP contribution < -0.4 is 20.1 Å². The van der Waals surface area contributed by atoms with Crippen LogP contribution in [0.5, 0.6) is 11.5 Å². The molecule has 0 heterocycles. The Morgan fingerprint density at radius 2 is 1.72 bits per heavy atom. The van der Waals surface area contributed by atoms with Crippen molar-refractivity contribution in [2.24, 2.45) is 0 Å². The van der Waals surface area contributed by atoms with Gasteiger partial charge in [0.1, 0.15) is 11.5 Å². The fraction of sp³-hybridized carbons (Fsp3) is 0.158. The van der Waals surface area contributed by atoms with Gasteiger partial charge in [-0.25, -0.2) is 0 Å². The Bertz CT molecular complexity index is 904. The largest absolute Gasteiger partial charge is 0.435 e. The maximum atomic E-state index is 12.6. The van der Waals surface area contributed by atoms with E-state index in [0.29, 0.717) is 11.3 Å². The lowest BCUT2D eigenvalue weighted by Crippen LogP contribution is -2.18. The van der Waals surface area contributed by atoms with E-state index in [1.54, 1.807) is 18.2 Å². The average Bonchev–Trinajstić information content (AvgIpc) is 2.66. The lowest BCUT2D eigenvalue weighted by Gasteiger charge is -2.11. The first-order chi connectivity index (χ1) is 13.8. The minimum Gasteiger partial charge on any atom is -0.435 e. The number of hydrogen-bond donors (Lipinski definition) is 2. The van der Waals surface area contributed by atoms with Gasteiger partial charge in [-0.05, 0) is 36.4 Å². The van der Waals surface area contributed by atoms with Crippen molar-refractivity contribution >= 4 is 23.6 Å². The average molecular weight is 412 g/mol. The molecule has 2 rings (SSSR count). The molecule has 0 aliphatic heterocycles. The van der Waals surface area contributed by atoms with Gasteiger partial charge in [-0.2, -0.15) is 17.6 Å². The molecule has 0 radical (unpaired) electrons. The maximum Gasteiger partial charge on any atom is 0.387 e. The van der Waals surface area contributed by atoms with Crippen LogP contribution >= 0.6 is 0 Å². The molecule has 0 spiro atoms. The summed E-state index contributed by atoms with van der Waals surface area (Å²) < 4.78 is 58.1. The van der Waals surface area contributed by atoms with Crippen LogP contribution in [0, 0.1) is 0 Å². The normalized spacial score (nSPS) is 11.0. The van der Waals surface area contributed by atoms with Gasteiger partial charge in [0.2, 0.25) is 5.91 Å². The van der Waals surface area contributed by atoms with Crippen LogP contribution in [-0.4, -0.2) is 32.1 Å². The van der Waals surface area contributed by atoms with Crippen molar-refractivity contribution in [3.8, 4) is 11.5 Å². The molecule has 154 valence electrons. The second kappa shape index (κ2) is 10.1. The van der Waals surface area contributed by atoms with Crippen LogP contribution in [0.25, 0.3) is 6.08 Å². The van der Waals surface area contributed by atoms with Gasteiger partial charge in [0.15, 0.2) is 0 Å². The van der Waals surface area contributed by atoms with Gasteiger partial charge in [-0.1, -0.05) is 6.07 Å². The summed E-state index contributed by atoms with van der Waals surface area (Å²) in [5.41, 5.74) is 0.711. The molecule has 10 heteroatoms. The molecule has 0 bridgehead atoms. The van der Waals surface area contributed by atoms with E-state index >= 15 is 0 Å². The summed E-state index contributed by atoms with van der Waals surface area (Å²) in [6.45, 7) is -6.34. The Balaban J connectivity index is 2.15. The van der Waals surface area contributed by atoms with Crippen LogP contribution in [0.4, 0.5) is 23.2 Å². The number of ether oxygens (including phenoxy) is 2. The van der Waals surface area contributed by atoms with Crippen LogP contribution in [0.2, 0.25) is 0 Å². The topological polar surface area (TPSA) is 76.7 Å². The maximum absolute atomic E-state index is 12.6. The van der Waals surface area contributed by atoms with Crippen molar-refractivity contribution in [2.45, 2.75) is 13.2 Å². The standard InChI is InChI=1S/C19H16F4N2O4/c1-24-17(27)12-3-2-4-13(9-12)25-16(26)8-6-11-5-7-14(28-18(20)21)10-15(11)29-19(22)23/h2-10,18-19H,1H3,(H,24,27)(H,25,26)/b8-6+. The first-order valence-corrected chi connectivity index (χ1v) is 8.13. The summed E-state index contributed by atoms with van der Waals surface area (Å²) in [5, 5.41) is 4.96. The van der Waals surface area contributed by atoms with Gasteiger partial charge >= 0.3 is 13.2 Å². The van der Waals surface area contributed by atoms with E-state index in [2.05, 4.69) is 20.1 Å². The highest BCUT2D eigenvalue weighted by Gasteiger charge is 2.12. The van der Waals surface area contributed by atoms with E-state index in [9.17, 15) is 27.2 Å². The summed E-state index contributed by atoms with van der Waals surface area (Å²) in [6, 6.07) is 9.30. The molecule has 6 nitrogen and oxygen atoms in total. The van der Waals surface area contributed by atoms with Gasteiger partial charge in [0.25, 0.3) is 5.91 Å². The molecule has 2 amide bonds. The zero-order chi connectivity index (χ0) is 21.4. The summed E-state index contributed by atoms with van der Waals surface area (Å²) in [7, 11) is 1.47. The SMILES string of the molecule is CNC(=O)c1cccc(NC(=O)/C=C/c2ccc(OC(F)F)cc2OC(F)F)c1. The van der Waals surface area contributed by atoms with E-state index in [1.807, 2.05) is 0 Å². The number of nitrogens with one attached hydrogen (secondary N) is 2. The molecular weight excluding hydrogens is 396 g/mol. The molecule has 0 saturated carbocycles. The highest BCUT2D eigenvalue weighted by Crippen LogP contribution is 2.28. The van der Waals surface area contributed by atoms with E-state index in [0.717, 1.165) is 18.2 Å². The summed E-state index contributed by atoms with van der Waals surface area (Å²) in [5.74, 6) is -1.77. The molecule has 0 fully saturated rings. The quantitative estimate of drug-likeness (QED) is 0.509. The van der Waals surface area contributed by atoms with Gasteiger partial charge < -0.3 is 20.1 Å². The van der Waals surface area contributed by atoms with Gasteiger partial charge in [0, 0.05) is 36.0 Å². The lowest BCUT2D eigenvalue weighted by molar-refractivity contribution is -0.111. The summed E-state index contributed by atoms with van der Waals surface area (Å²) in [4.78, 5) is 23.7. The van der Waals surface area contributed by atoms with Crippen LogP contribution in [0.3, 0.4) is 0 Å². The van der Waals surface area contributed by atoms with Gasteiger partial charge in [-0.3, -0.25) is 9.59 Å². The molecule has 0 saturated heterocycles. The van der Waals surface area contributed by atoms with E-state index in [-0.39, 0.29) is 17.2 Å². The molecule has 29 heavy (non-hydrogen) atoms. The monoisotopic (exact) mass is 412 g/mol.